The number of carbonyl (C=O) groups is 2. The molecule has 7 heteroatoms. The molecule has 1 aliphatic heterocycles. The second-order valence-corrected chi connectivity index (χ2v) is 8.10. The number of hydrogen-bond acceptors (Lipinski definition) is 5. The fraction of sp³-hybridized carbons (Fsp3) is 0.222. The van der Waals surface area contributed by atoms with Gasteiger partial charge in [-0.1, -0.05) is 54.6 Å². The minimum atomic E-state index is -1.82. The number of benzene rings is 3. The first-order chi connectivity index (χ1) is 16.5. The van der Waals surface area contributed by atoms with Crippen molar-refractivity contribution in [1.29, 1.82) is 5.26 Å². The molecule has 34 heavy (non-hydrogen) atoms. The molecule has 7 nitrogen and oxygen atoms in total. The minimum Gasteiger partial charge on any atom is -0.497 e. The zero-order valence-electron chi connectivity index (χ0n) is 19.1. The van der Waals surface area contributed by atoms with E-state index < -0.39 is 17.2 Å². The van der Waals surface area contributed by atoms with Gasteiger partial charge < -0.3 is 9.47 Å². The van der Waals surface area contributed by atoms with Gasteiger partial charge in [-0.25, -0.2) is 10.0 Å². The van der Waals surface area contributed by atoms with Gasteiger partial charge in [0.15, 0.2) is 0 Å². The fourth-order valence-corrected chi connectivity index (χ4v) is 4.06. The number of amides is 2. The Labute approximate surface area is 198 Å². The van der Waals surface area contributed by atoms with Crippen LogP contribution < -0.4 is 9.47 Å². The number of methoxy groups -OCH3 is 2. The van der Waals surface area contributed by atoms with Crippen molar-refractivity contribution in [2.45, 2.75) is 19.5 Å². The number of hydrogen-bond donors (Lipinski definition) is 0. The van der Waals surface area contributed by atoms with Crippen LogP contribution in [0, 0.1) is 16.7 Å². The van der Waals surface area contributed by atoms with Crippen molar-refractivity contribution in [2.24, 2.45) is 5.41 Å². The van der Waals surface area contributed by atoms with E-state index >= 15 is 0 Å². The summed E-state index contributed by atoms with van der Waals surface area (Å²) in [5.74, 6) is 0.345. The highest BCUT2D eigenvalue weighted by atomic mass is 16.5. The normalized spacial score (nSPS) is 14.7. The Kier molecular flexibility index (Phi) is 6.51. The van der Waals surface area contributed by atoms with Crippen LogP contribution in [0.1, 0.15) is 16.7 Å². The average molecular weight is 456 g/mol. The number of nitrogens with zero attached hydrogens (tertiary/aromatic N) is 3. The number of carbonyl (C=O) groups excluding carboxylic acids is 2. The third kappa shape index (κ3) is 4.30. The molecule has 4 rings (SSSR count). The van der Waals surface area contributed by atoms with Crippen molar-refractivity contribution >= 4 is 11.8 Å². The molecule has 1 aliphatic rings. The molecule has 0 bridgehead atoms. The highest BCUT2D eigenvalue weighted by molar-refractivity contribution is 6.12. The van der Waals surface area contributed by atoms with Gasteiger partial charge in [0.25, 0.3) is 11.8 Å². The van der Waals surface area contributed by atoms with Gasteiger partial charge in [-0.3, -0.25) is 9.59 Å². The van der Waals surface area contributed by atoms with E-state index in [1.54, 1.807) is 38.5 Å². The van der Waals surface area contributed by atoms with E-state index in [9.17, 15) is 14.9 Å². The fourth-order valence-electron chi connectivity index (χ4n) is 4.06. The van der Waals surface area contributed by atoms with Gasteiger partial charge in [-0.15, -0.1) is 0 Å². The second-order valence-electron chi connectivity index (χ2n) is 8.10. The van der Waals surface area contributed by atoms with Gasteiger partial charge >= 0.3 is 0 Å². The van der Waals surface area contributed by atoms with Crippen LogP contribution in [0.3, 0.4) is 0 Å². The molecule has 1 heterocycles. The molecule has 3 aromatic carbocycles. The van der Waals surface area contributed by atoms with Crippen LogP contribution in [-0.4, -0.2) is 36.1 Å². The van der Waals surface area contributed by atoms with Crippen LogP contribution in [0.4, 0.5) is 0 Å². The minimum absolute atomic E-state index is 0.0141. The summed E-state index contributed by atoms with van der Waals surface area (Å²) in [5.41, 5.74) is 0.562. The summed E-state index contributed by atoms with van der Waals surface area (Å²) < 4.78 is 10.4. The SMILES string of the molecule is COc1ccc(CN2C(=O)C(C#N)(Cc3ccccc3)C(=O)N2Cc2ccc(OC)cc2)cc1. The van der Waals surface area contributed by atoms with Crippen LogP contribution in [0.5, 0.6) is 11.5 Å². The molecule has 0 radical (unpaired) electrons. The van der Waals surface area contributed by atoms with Crippen LogP contribution in [0.25, 0.3) is 0 Å². The number of hydrazine groups is 1. The molecule has 0 saturated carbocycles. The van der Waals surface area contributed by atoms with Gasteiger partial charge in [0.2, 0.25) is 5.41 Å². The van der Waals surface area contributed by atoms with Crippen molar-refractivity contribution < 1.29 is 19.1 Å². The first kappa shape index (κ1) is 22.9. The molecule has 0 spiro atoms. The molecule has 0 aromatic heterocycles. The lowest BCUT2D eigenvalue weighted by atomic mass is 9.82. The molecule has 0 aliphatic carbocycles. The lowest BCUT2D eigenvalue weighted by Gasteiger charge is -2.28. The van der Waals surface area contributed by atoms with Crippen molar-refractivity contribution in [3.63, 3.8) is 0 Å². The molecule has 0 N–H and O–H groups in total. The molecule has 3 aromatic rings. The quantitative estimate of drug-likeness (QED) is 0.483. The van der Waals surface area contributed by atoms with E-state index in [-0.39, 0.29) is 19.5 Å². The summed E-state index contributed by atoms with van der Waals surface area (Å²) in [6.07, 6.45) is 0.0141. The standard InChI is InChI=1S/C27H25N3O4/c1-33-23-12-8-21(9-13-23)17-29-25(31)27(19-28,16-20-6-4-3-5-7-20)26(32)30(29)18-22-10-14-24(34-2)15-11-22/h3-15H,16-18H2,1-2H3. The summed E-state index contributed by atoms with van der Waals surface area (Å²) >= 11 is 0. The van der Waals surface area contributed by atoms with Crippen molar-refractivity contribution in [3.8, 4) is 17.6 Å². The second kappa shape index (κ2) is 9.67. The molecule has 172 valence electrons. The summed E-state index contributed by atoms with van der Waals surface area (Å²) in [6, 6.07) is 25.8. The summed E-state index contributed by atoms with van der Waals surface area (Å²) in [7, 11) is 3.16. The molecule has 1 fully saturated rings. The zero-order chi connectivity index (χ0) is 24.1. The topological polar surface area (TPSA) is 82.9 Å². The smallest absolute Gasteiger partial charge is 0.272 e. The van der Waals surface area contributed by atoms with Crippen LogP contribution >= 0.6 is 0 Å². The van der Waals surface area contributed by atoms with E-state index in [0.717, 1.165) is 16.7 Å². The van der Waals surface area contributed by atoms with E-state index in [1.807, 2.05) is 54.6 Å². The van der Waals surface area contributed by atoms with E-state index in [2.05, 4.69) is 6.07 Å². The van der Waals surface area contributed by atoms with Crippen LogP contribution in [0.15, 0.2) is 78.9 Å². The molecule has 2 amide bonds. The molecule has 0 atom stereocenters. The molecule has 1 saturated heterocycles. The number of ether oxygens (including phenoxy) is 2. The van der Waals surface area contributed by atoms with Gasteiger partial charge in [0.05, 0.1) is 33.4 Å². The van der Waals surface area contributed by atoms with E-state index in [1.165, 1.54) is 10.0 Å². The summed E-state index contributed by atoms with van der Waals surface area (Å²) in [5, 5.41) is 12.9. The van der Waals surface area contributed by atoms with Crippen LogP contribution in [0.2, 0.25) is 0 Å². The predicted molar refractivity (Wildman–Crippen MR) is 125 cm³/mol. The lowest BCUT2D eigenvalue weighted by Crippen LogP contribution is -2.39. The first-order valence-electron chi connectivity index (χ1n) is 10.9. The first-order valence-corrected chi connectivity index (χ1v) is 10.9. The van der Waals surface area contributed by atoms with Gasteiger partial charge in [-0.2, -0.15) is 5.26 Å². The van der Waals surface area contributed by atoms with Gasteiger partial charge in [0.1, 0.15) is 11.5 Å². The van der Waals surface area contributed by atoms with Gasteiger partial charge in [0, 0.05) is 6.42 Å². The number of rotatable bonds is 8. The third-order valence-electron chi connectivity index (χ3n) is 5.98. The monoisotopic (exact) mass is 455 g/mol. The lowest BCUT2D eigenvalue weighted by molar-refractivity contribution is -0.149. The maximum absolute atomic E-state index is 13.7. The molecule has 0 unspecified atom stereocenters. The Morgan fingerprint density at radius 3 is 1.53 bits per heavy atom. The third-order valence-corrected chi connectivity index (χ3v) is 5.98. The zero-order valence-corrected chi connectivity index (χ0v) is 19.1. The highest BCUT2D eigenvalue weighted by Gasteiger charge is 2.59. The molecular weight excluding hydrogens is 430 g/mol. The van der Waals surface area contributed by atoms with Crippen molar-refractivity contribution in [2.75, 3.05) is 14.2 Å². The average Bonchev–Trinajstić information content (AvgIpc) is 3.07. The van der Waals surface area contributed by atoms with Crippen LogP contribution in [-0.2, 0) is 29.1 Å². The predicted octanol–water partition coefficient (Wildman–Crippen LogP) is 3.74. The Morgan fingerprint density at radius 1 is 0.706 bits per heavy atom. The van der Waals surface area contributed by atoms with Crippen molar-refractivity contribution in [3.05, 3.63) is 95.6 Å². The van der Waals surface area contributed by atoms with E-state index in [0.29, 0.717) is 11.5 Å². The Morgan fingerprint density at radius 2 is 1.15 bits per heavy atom. The number of nitriles is 1. The highest BCUT2D eigenvalue weighted by Crippen LogP contribution is 2.37. The summed E-state index contributed by atoms with van der Waals surface area (Å²) in [4.78, 5) is 27.4. The Balaban J connectivity index is 1.70. The Hall–Kier alpha value is -4.31. The molecular formula is C27H25N3O4. The maximum Gasteiger partial charge on any atom is 0.272 e. The maximum atomic E-state index is 13.7. The summed E-state index contributed by atoms with van der Waals surface area (Å²) in [6.45, 7) is 0.311. The largest absolute Gasteiger partial charge is 0.497 e. The van der Waals surface area contributed by atoms with E-state index in [4.69, 9.17) is 9.47 Å². The Bertz CT molecular complexity index is 1130. The van der Waals surface area contributed by atoms with Crippen molar-refractivity contribution in [1.82, 2.24) is 10.0 Å². The van der Waals surface area contributed by atoms with Gasteiger partial charge in [-0.05, 0) is 41.0 Å².